The topological polar surface area (TPSA) is 49.3 Å². The SMILES string of the molecule is CCC(C)(C)C(=O)N[C@@H](c1ccccc1)[C@H]1C2C[C@H]3C[C@](Cl)(C2)C[C@@]1(O)C3. The highest BCUT2D eigenvalue weighted by Crippen LogP contribution is 2.64. The monoisotopic (exact) mass is 389 g/mol. The van der Waals surface area contributed by atoms with Crippen LogP contribution in [0, 0.1) is 23.2 Å². The van der Waals surface area contributed by atoms with Crippen LogP contribution < -0.4 is 5.32 Å². The van der Waals surface area contributed by atoms with Crippen molar-refractivity contribution in [3.05, 3.63) is 35.9 Å². The van der Waals surface area contributed by atoms with Crippen LogP contribution in [0.5, 0.6) is 0 Å². The fraction of sp³-hybridized carbons (Fsp3) is 0.696. The smallest absolute Gasteiger partial charge is 0.226 e. The molecule has 3 nitrogen and oxygen atoms in total. The molecule has 5 rings (SSSR count). The van der Waals surface area contributed by atoms with E-state index in [4.69, 9.17) is 11.6 Å². The molecule has 2 N–H and O–H groups in total. The molecule has 4 saturated carbocycles. The van der Waals surface area contributed by atoms with E-state index in [0.29, 0.717) is 18.3 Å². The first-order valence-corrected chi connectivity index (χ1v) is 10.8. The Kier molecular flexibility index (Phi) is 4.63. The van der Waals surface area contributed by atoms with Crippen molar-refractivity contribution in [3.8, 4) is 0 Å². The summed E-state index contributed by atoms with van der Waals surface area (Å²) in [7, 11) is 0. The summed E-state index contributed by atoms with van der Waals surface area (Å²) >= 11 is 6.89. The average Bonchev–Trinajstić information content (AvgIpc) is 2.58. The molecule has 1 amide bonds. The van der Waals surface area contributed by atoms with Gasteiger partial charge >= 0.3 is 0 Å². The third-order valence-corrected chi connectivity index (χ3v) is 8.06. The Bertz CT molecular complexity index is 720. The van der Waals surface area contributed by atoms with Crippen molar-refractivity contribution in [1.82, 2.24) is 5.32 Å². The van der Waals surface area contributed by atoms with Crippen LogP contribution in [0.3, 0.4) is 0 Å². The summed E-state index contributed by atoms with van der Waals surface area (Å²) in [6, 6.07) is 10.0. The molecule has 4 bridgehead atoms. The van der Waals surface area contributed by atoms with Crippen LogP contribution >= 0.6 is 11.6 Å². The molecule has 0 spiro atoms. The molecule has 27 heavy (non-hydrogen) atoms. The van der Waals surface area contributed by atoms with Crippen LogP contribution in [-0.4, -0.2) is 21.5 Å². The van der Waals surface area contributed by atoms with Gasteiger partial charge in [0.2, 0.25) is 5.91 Å². The lowest BCUT2D eigenvalue weighted by molar-refractivity contribution is -0.175. The molecule has 0 aromatic heterocycles. The fourth-order valence-corrected chi connectivity index (χ4v) is 6.82. The van der Waals surface area contributed by atoms with E-state index in [1.54, 1.807) is 0 Å². The molecule has 148 valence electrons. The Morgan fingerprint density at radius 1 is 1.30 bits per heavy atom. The number of nitrogens with one attached hydrogen (secondary N) is 1. The Hall–Kier alpha value is -1.06. The third-order valence-electron chi connectivity index (χ3n) is 7.61. The lowest BCUT2D eigenvalue weighted by atomic mass is 9.47. The van der Waals surface area contributed by atoms with Crippen LogP contribution in [0.4, 0.5) is 0 Å². The van der Waals surface area contributed by atoms with Gasteiger partial charge in [0, 0.05) is 16.2 Å². The van der Waals surface area contributed by atoms with Gasteiger partial charge in [-0.05, 0) is 55.9 Å². The van der Waals surface area contributed by atoms with Crippen molar-refractivity contribution in [3.63, 3.8) is 0 Å². The number of carbonyl (C=O) groups excluding carboxylic acids is 1. The van der Waals surface area contributed by atoms with Crippen LogP contribution in [-0.2, 0) is 4.79 Å². The zero-order chi connectivity index (χ0) is 19.4. The fourth-order valence-electron chi connectivity index (χ4n) is 6.17. The van der Waals surface area contributed by atoms with E-state index in [9.17, 15) is 9.90 Å². The lowest BCUT2D eigenvalue weighted by Gasteiger charge is -2.63. The minimum absolute atomic E-state index is 0.0277. The molecule has 4 aliphatic carbocycles. The molecule has 6 atom stereocenters. The Labute approximate surface area is 167 Å². The van der Waals surface area contributed by atoms with Crippen molar-refractivity contribution >= 4 is 17.5 Å². The second kappa shape index (κ2) is 6.49. The second-order valence-electron chi connectivity index (χ2n) is 10.0. The molecule has 1 unspecified atom stereocenters. The minimum atomic E-state index is -0.782. The zero-order valence-electron chi connectivity index (χ0n) is 16.7. The first-order valence-electron chi connectivity index (χ1n) is 10.4. The summed E-state index contributed by atoms with van der Waals surface area (Å²) in [5, 5.41) is 15.0. The number of alkyl halides is 1. The van der Waals surface area contributed by atoms with E-state index in [-0.39, 0.29) is 22.7 Å². The predicted molar refractivity (Wildman–Crippen MR) is 108 cm³/mol. The highest BCUT2D eigenvalue weighted by atomic mass is 35.5. The first-order chi connectivity index (χ1) is 12.7. The summed E-state index contributed by atoms with van der Waals surface area (Å²) in [6.45, 7) is 6.03. The summed E-state index contributed by atoms with van der Waals surface area (Å²) in [5.74, 6) is 0.983. The van der Waals surface area contributed by atoms with Gasteiger partial charge in [-0.15, -0.1) is 11.6 Å². The number of halogens is 1. The number of amides is 1. The number of carbonyl (C=O) groups is 1. The number of rotatable bonds is 5. The third kappa shape index (κ3) is 3.31. The highest BCUT2D eigenvalue weighted by molar-refractivity contribution is 6.24. The zero-order valence-corrected chi connectivity index (χ0v) is 17.4. The van der Waals surface area contributed by atoms with Crippen molar-refractivity contribution in [1.29, 1.82) is 0 Å². The molecule has 1 aromatic rings. The van der Waals surface area contributed by atoms with Gasteiger partial charge in [-0.25, -0.2) is 0 Å². The number of benzene rings is 1. The molecule has 1 aromatic carbocycles. The molecular formula is C23H32ClNO2. The van der Waals surface area contributed by atoms with Gasteiger partial charge in [0.1, 0.15) is 0 Å². The van der Waals surface area contributed by atoms with Crippen LogP contribution in [0.1, 0.15) is 70.9 Å². The summed E-state index contributed by atoms with van der Waals surface area (Å²) < 4.78 is 0. The largest absolute Gasteiger partial charge is 0.389 e. The van der Waals surface area contributed by atoms with Gasteiger partial charge in [0.15, 0.2) is 0 Å². The van der Waals surface area contributed by atoms with Gasteiger partial charge in [0.25, 0.3) is 0 Å². The lowest BCUT2D eigenvalue weighted by Crippen LogP contribution is -2.65. The number of hydrogen-bond donors (Lipinski definition) is 2. The Morgan fingerprint density at radius 2 is 2.00 bits per heavy atom. The van der Waals surface area contributed by atoms with Crippen molar-refractivity contribution in [2.75, 3.05) is 0 Å². The average molecular weight is 390 g/mol. The number of hydrogen-bond acceptors (Lipinski definition) is 2. The highest BCUT2D eigenvalue weighted by Gasteiger charge is 2.63. The van der Waals surface area contributed by atoms with Crippen molar-refractivity contribution in [2.45, 2.75) is 75.8 Å². The molecular weight excluding hydrogens is 358 g/mol. The quantitative estimate of drug-likeness (QED) is 0.708. The maximum atomic E-state index is 13.1. The van der Waals surface area contributed by atoms with E-state index < -0.39 is 11.0 Å². The van der Waals surface area contributed by atoms with Crippen LogP contribution in [0.25, 0.3) is 0 Å². The summed E-state index contributed by atoms with van der Waals surface area (Å²) in [4.78, 5) is 12.8. The van der Waals surface area contributed by atoms with Gasteiger partial charge < -0.3 is 10.4 Å². The second-order valence-corrected chi connectivity index (χ2v) is 10.8. The normalized spacial score (nSPS) is 38.6. The molecule has 4 aliphatic rings. The van der Waals surface area contributed by atoms with E-state index in [0.717, 1.165) is 37.7 Å². The molecule has 4 fully saturated rings. The van der Waals surface area contributed by atoms with Crippen molar-refractivity contribution < 1.29 is 9.90 Å². The van der Waals surface area contributed by atoms with Gasteiger partial charge in [-0.1, -0.05) is 51.1 Å². The van der Waals surface area contributed by atoms with Gasteiger partial charge in [0.05, 0.1) is 11.6 Å². The maximum Gasteiger partial charge on any atom is 0.226 e. The maximum absolute atomic E-state index is 13.1. The first kappa shape index (κ1) is 19.3. The van der Waals surface area contributed by atoms with Gasteiger partial charge in [-0.3, -0.25) is 4.79 Å². The summed E-state index contributed by atoms with van der Waals surface area (Å²) in [6.07, 6.45) is 5.36. The molecule has 0 aliphatic heterocycles. The molecule has 4 heteroatoms. The molecule has 0 radical (unpaired) electrons. The Balaban J connectivity index is 1.70. The van der Waals surface area contributed by atoms with Crippen LogP contribution in [0.15, 0.2) is 30.3 Å². The number of aliphatic hydroxyl groups is 1. The predicted octanol–water partition coefficient (Wildman–Crippen LogP) is 4.83. The van der Waals surface area contributed by atoms with Crippen LogP contribution in [0.2, 0.25) is 0 Å². The molecule has 0 heterocycles. The van der Waals surface area contributed by atoms with E-state index in [1.165, 1.54) is 0 Å². The Morgan fingerprint density at radius 3 is 2.59 bits per heavy atom. The minimum Gasteiger partial charge on any atom is -0.389 e. The molecule has 0 saturated heterocycles. The van der Waals surface area contributed by atoms with E-state index in [2.05, 4.69) is 17.4 Å². The van der Waals surface area contributed by atoms with Crippen molar-refractivity contribution in [2.24, 2.45) is 23.2 Å². The van der Waals surface area contributed by atoms with E-state index in [1.807, 2.05) is 39.0 Å². The van der Waals surface area contributed by atoms with Gasteiger partial charge in [-0.2, -0.15) is 0 Å². The standard InChI is InChI=1S/C23H32ClNO2/c1-4-21(2,3)20(26)25-19(16-8-6-5-7-9-16)18-17-10-15-11-22(24,13-17)14-23(18,27)12-15/h5-9,15,17-19,27H,4,10-14H2,1-3H3,(H,25,26)/t15-,17?,18+,19-,22-,23-/m0/s1. The van der Waals surface area contributed by atoms with E-state index >= 15 is 0 Å². The summed E-state index contributed by atoms with van der Waals surface area (Å²) in [5.41, 5.74) is -0.113.